The zero-order valence-corrected chi connectivity index (χ0v) is 22.7. The largest absolute Gasteiger partial charge is 0.444 e. The van der Waals surface area contributed by atoms with Crippen molar-refractivity contribution in [3.63, 3.8) is 0 Å². The summed E-state index contributed by atoms with van der Waals surface area (Å²) in [5.41, 5.74) is 8.45. The molecule has 9 nitrogen and oxygen atoms in total. The molecule has 0 atom stereocenters. The van der Waals surface area contributed by atoms with Gasteiger partial charge in [-0.3, -0.25) is 14.6 Å². The maximum Gasteiger partial charge on any atom is 0.410 e. The Balaban J connectivity index is 1.24. The molecule has 1 aromatic carbocycles. The SMILES string of the molecule is Cc1nn(Cc2cc3c(cn2)CCN(C(=O)OC(C)(C)C)C3)c2c1CN(c1ccc(C#N)c3ncccc13)C2. The Morgan fingerprint density at radius 1 is 1.13 bits per heavy atom. The summed E-state index contributed by atoms with van der Waals surface area (Å²) in [6.07, 6.45) is 4.15. The second kappa shape index (κ2) is 9.38. The van der Waals surface area contributed by atoms with Crippen LogP contribution >= 0.6 is 0 Å². The third-order valence-electron chi connectivity index (χ3n) is 7.38. The maximum absolute atomic E-state index is 12.6. The summed E-state index contributed by atoms with van der Waals surface area (Å²) < 4.78 is 7.64. The van der Waals surface area contributed by atoms with E-state index in [0.29, 0.717) is 31.7 Å². The van der Waals surface area contributed by atoms with Gasteiger partial charge in [-0.15, -0.1) is 0 Å². The third kappa shape index (κ3) is 4.67. The minimum atomic E-state index is -0.520. The van der Waals surface area contributed by atoms with Crippen LogP contribution in [0.1, 0.15) is 60.1 Å². The van der Waals surface area contributed by atoms with Gasteiger partial charge in [0, 0.05) is 48.7 Å². The fraction of sp³-hybridized carbons (Fsp3) is 0.367. The number of rotatable bonds is 3. The standard InChI is InChI=1S/C30H31N7O2/c1-19-25-17-36(26-8-7-20(13-31)28-24(26)6-5-10-32-28)18-27(25)37(34-19)16-23-12-22-15-35(11-9-21(22)14-33-23)29(38)39-30(2,3)4/h5-8,10,12,14H,9,11,15-18H2,1-4H3. The quantitative estimate of drug-likeness (QED) is 0.379. The molecule has 2 aliphatic heterocycles. The topological polar surface area (TPSA) is 100 Å². The van der Waals surface area contributed by atoms with Gasteiger partial charge in [0.25, 0.3) is 0 Å². The van der Waals surface area contributed by atoms with Crippen LogP contribution in [0.25, 0.3) is 10.9 Å². The van der Waals surface area contributed by atoms with Crippen LogP contribution in [0.4, 0.5) is 10.5 Å². The summed E-state index contributed by atoms with van der Waals surface area (Å²) in [7, 11) is 0. The van der Waals surface area contributed by atoms with Crippen LogP contribution in [0.2, 0.25) is 0 Å². The van der Waals surface area contributed by atoms with Gasteiger partial charge < -0.3 is 14.5 Å². The van der Waals surface area contributed by atoms with E-state index in [1.54, 1.807) is 11.1 Å². The smallest absolute Gasteiger partial charge is 0.410 e. The Bertz CT molecular complexity index is 1640. The lowest BCUT2D eigenvalue weighted by molar-refractivity contribution is 0.0223. The normalized spacial score (nSPS) is 14.7. The van der Waals surface area contributed by atoms with Crippen LogP contribution < -0.4 is 4.90 Å². The lowest BCUT2D eigenvalue weighted by atomic mass is 10.0. The molecule has 0 spiro atoms. The number of nitriles is 1. The molecule has 0 radical (unpaired) electrons. The highest BCUT2D eigenvalue weighted by molar-refractivity contribution is 5.95. The number of fused-ring (bicyclic) bond motifs is 3. The van der Waals surface area contributed by atoms with Crippen molar-refractivity contribution in [1.82, 2.24) is 24.6 Å². The number of ether oxygens (including phenoxy) is 1. The fourth-order valence-corrected chi connectivity index (χ4v) is 5.51. The van der Waals surface area contributed by atoms with E-state index < -0.39 is 5.60 Å². The van der Waals surface area contributed by atoms with Crippen molar-refractivity contribution < 1.29 is 9.53 Å². The molecule has 4 aromatic rings. The summed E-state index contributed by atoms with van der Waals surface area (Å²) in [4.78, 5) is 25.9. The molecule has 1 amide bonds. The first-order chi connectivity index (χ1) is 18.7. The van der Waals surface area contributed by atoms with Gasteiger partial charge >= 0.3 is 6.09 Å². The summed E-state index contributed by atoms with van der Waals surface area (Å²) >= 11 is 0. The molecule has 39 heavy (non-hydrogen) atoms. The van der Waals surface area contributed by atoms with Gasteiger partial charge in [-0.1, -0.05) is 0 Å². The van der Waals surface area contributed by atoms with E-state index in [1.807, 2.05) is 51.2 Å². The van der Waals surface area contributed by atoms with Crippen LogP contribution in [0.15, 0.2) is 42.7 Å². The molecular formula is C30H31N7O2. The number of pyridine rings is 2. The number of aryl methyl sites for hydroxylation is 1. The van der Waals surface area contributed by atoms with Crippen molar-refractivity contribution in [1.29, 1.82) is 5.26 Å². The Morgan fingerprint density at radius 3 is 2.77 bits per heavy atom. The third-order valence-corrected chi connectivity index (χ3v) is 7.38. The average molecular weight is 522 g/mol. The Kier molecular flexibility index (Phi) is 5.98. The van der Waals surface area contributed by atoms with Gasteiger partial charge in [-0.25, -0.2) is 4.79 Å². The second-order valence-electron chi connectivity index (χ2n) is 11.3. The van der Waals surface area contributed by atoms with Gasteiger partial charge in [0.2, 0.25) is 0 Å². The first kappa shape index (κ1) is 24.9. The molecule has 3 aromatic heterocycles. The number of carbonyl (C=O) groups excluding carboxylic acids is 1. The van der Waals surface area contributed by atoms with E-state index >= 15 is 0 Å². The zero-order valence-electron chi connectivity index (χ0n) is 22.7. The predicted octanol–water partition coefficient (Wildman–Crippen LogP) is 4.87. The molecule has 0 bridgehead atoms. The molecule has 0 N–H and O–H groups in total. The summed E-state index contributed by atoms with van der Waals surface area (Å²) in [6.45, 7) is 10.9. The zero-order chi connectivity index (χ0) is 27.3. The maximum atomic E-state index is 12.6. The minimum absolute atomic E-state index is 0.280. The number of benzene rings is 1. The Labute approximate surface area is 227 Å². The van der Waals surface area contributed by atoms with Crippen molar-refractivity contribution >= 4 is 22.7 Å². The number of carbonyl (C=O) groups is 1. The predicted molar refractivity (Wildman–Crippen MR) is 147 cm³/mol. The molecule has 9 heteroatoms. The number of nitrogens with zero attached hydrogens (tertiary/aromatic N) is 7. The Morgan fingerprint density at radius 2 is 1.97 bits per heavy atom. The van der Waals surface area contributed by atoms with Crippen molar-refractivity contribution in [2.24, 2.45) is 0 Å². The van der Waals surface area contributed by atoms with Gasteiger partial charge in [-0.05, 0) is 75.6 Å². The number of hydrogen-bond acceptors (Lipinski definition) is 7. The summed E-state index contributed by atoms with van der Waals surface area (Å²) in [5.74, 6) is 0. The van der Waals surface area contributed by atoms with Crippen molar-refractivity contribution in [3.05, 3.63) is 82.1 Å². The molecule has 5 heterocycles. The molecule has 0 saturated heterocycles. The highest BCUT2D eigenvalue weighted by Gasteiger charge is 2.29. The number of amides is 1. The first-order valence-electron chi connectivity index (χ1n) is 13.2. The fourth-order valence-electron chi connectivity index (χ4n) is 5.51. The molecule has 2 aliphatic rings. The molecule has 6 rings (SSSR count). The van der Waals surface area contributed by atoms with Crippen molar-refractivity contribution in [3.8, 4) is 6.07 Å². The van der Waals surface area contributed by atoms with Crippen LogP contribution in [0, 0.1) is 18.3 Å². The number of anilines is 1. The van der Waals surface area contributed by atoms with Crippen molar-refractivity contribution in [2.45, 2.75) is 65.9 Å². The van der Waals surface area contributed by atoms with E-state index in [4.69, 9.17) is 14.8 Å². The van der Waals surface area contributed by atoms with Crippen LogP contribution in [0.5, 0.6) is 0 Å². The average Bonchev–Trinajstić information content (AvgIpc) is 3.47. The van der Waals surface area contributed by atoms with E-state index in [9.17, 15) is 10.1 Å². The van der Waals surface area contributed by atoms with Crippen molar-refractivity contribution in [2.75, 3.05) is 11.4 Å². The highest BCUT2D eigenvalue weighted by Crippen LogP contribution is 2.35. The second-order valence-corrected chi connectivity index (χ2v) is 11.3. The molecular weight excluding hydrogens is 490 g/mol. The molecule has 198 valence electrons. The lowest BCUT2D eigenvalue weighted by Gasteiger charge is -2.31. The monoisotopic (exact) mass is 521 g/mol. The first-order valence-corrected chi connectivity index (χ1v) is 13.2. The van der Waals surface area contributed by atoms with E-state index in [1.165, 1.54) is 16.8 Å². The van der Waals surface area contributed by atoms with Gasteiger partial charge in [0.15, 0.2) is 0 Å². The van der Waals surface area contributed by atoms with Crippen LogP contribution in [0.3, 0.4) is 0 Å². The number of aromatic nitrogens is 4. The summed E-state index contributed by atoms with van der Waals surface area (Å²) in [5, 5.41) is 15.4. The van der Waals surface area contributed by atoms with Gasteiger partial charge in [0.1, 0.15) is 11.7 Å². The highest BCUT2D eigenvalue weighted by atomic mass is 16.6. The minimum Gasteiger partial charge on any atom is -0.444 e. The molecule has 0 fully saturated rings. The summed E-state index contributed by atoms with van der Waals surface area (Å²) in [6, 6.07) is 12.2. The lowest BCUT2D eigenvalue weighted by Crippen LogP contribution is -2.40. The number of hydrogen-bond donors (Lipinski definition) is 0. The molecule has 0 aliphatic carbocycles. The van der Waals surface area contributed by atoms with Crippen LogP contribution in [-0.4, -0.2) is 42.9 Å². The van der Waals surface area contributed by atoms with Crippen LogP contribution in [-0.2, 0) is 37.3 Å². The van der Waals surface area contributed by atoms with E-state index in [0.717, 1.165) is 46.5 Å². The molecule has 0 saturated carbocycles. The van der Waals surface area contributed by atoms with Gasteiger partial charge in [-0.2, -0.15) is 10.4 Å². The Hall–Kier alpha value is -4.45. The van der Waals surface area contributed by atoms with E-state index in [-0.39, 0.29) is 6.09 Å². The van der Waals surface area contributed by atoms with E-state index in [2.05, 4.69) is 33.6 Å². The molecule has 0 unspecified atom stereocenters. The van der Waals surface area contributed by atoms with Gasteiger partial charge in [0.05, 0.1) is 41.3 Å².